The summed E-state index contributed by atoms with van der Waals surface area (Å²) in [4.78, 5) is 2.56. The minimum absolute atomic E-state index is 1.20. The van der Waals surface area contributed by atoms with Crippen molar-refractivity contribution in [3.8, 4) is 0 Å². The maximum atomic E-state index is 2.56. The largest absolute Gasteiger partial charge is 0.371 e. The van der Waals surface area contributed by atoms with Crippen LogP contribution in [0.3, 0.4) is 0 Å². The predicted octanol–water partition coefficient (Wildman–Crippen LogP) is 4.71. The van der Waals surface area contributed by atoms with Crippen LogP contribution in [0.25, 0.3) is 0 Å². The number of nitrogens with zero attached hydrogens (tertiary/aromatic N) is 1. The molecule has 1 aromatic carbocycles. The first-order valence-electron chi connectivity index (χ1n) is 7.01. The van der Waals surface area contributed by atoms with Crippen molar-refractivity contribution in [2.75, 3.05) is 18.0 Å². The highest BCUT2D eigenvalue weighted by Gasteiger charge is 2.08. The van der Waals surface area contributed by atoms with Gasteiger partial charge in [-0.3, -0.25) is 0 Å². The van der Waals surface area contributed by atoms with Crippen molar-refractivity contribution in [1.29, 1.82) is 0 Å². The third-order valence-corrected chi connectivity index (χ3v) is 3.27. The number of benzene rings is 1. The van der Waals surface area contributed by atoms with Crippen molar-refractivity contribution in [2.45, 2.75) is 53.4 Å². The fraction of sp³-hybridized carbons (Fsp3) is 0.625. The molecule has 0 amide bonds. The van der Waals surface area contributed by atoms with Crippen molar-refractivity contribution >= 4 is 5.69 Å². The lowest BCUT2D eigenvalue weighted by molar-refractivity contribution is 0.676. The highest BCUT2D eigenvalue weighted by atomic mass is 15.1. The Morgan fingerprint density at radius 1 is 0.941 bits per heavy atom. The Bertz CT molecular complexity index is 322. The molecule has 1 nitrogen and oxygen atoms in total. The molecule has 0 aliphatic heterocycles. The van der Waals surface area contributed by atoms with Gasteiger partial charge in [-0.1, -0.05) is 38.8 Å². The van der Waals surface area contributed by atoms with Gasteiger partial charge in [0.1, 0.15) is 0 Å². The molecular weight excluding hydrogens is 206 g/mol. The third kappa shape index (κ3) is 4.41. The normalized spacial score (nSPS) is 10.6. The number of anilines is 1. The molecular formula is C16H27N. The SMILES string of the molecule is CCCCN(CCCC)c1cc(C)ccc1C. The van der Waals surface area contributed by atoms with E-state index in [0.29, 0.717) is 0 Å². The molecule has 17 heavy (non-hydrogen) atoms. The second kappa shape index (κ2) is 7.37. The van der Waals surface area contributed by atoms with Crippen LogP contribution < -0.4 is 4.90 Å². The topological polar surface area (TPSA) is 3.24 Å². The smallest absolute Gasteiger partial charge is 0.0398 e. The Morgan fingerprint density at radius 2 is 1.53 bits per heavy atom. The Morgan fingerprint density at radius 3 is 2.06 bits per heavy atom. The highest BCUT2D eigenvalue weighted by molar-refractivity contribution is 5.54. The average Bonchev–Trinajstić information content (AvgIpc) is 2.33. The number of rotatable bonds is 7. The van der Waals surface area contributed by atoms with Crippen molar-refractivity contribution < 1.29 is 0 Å². The number of unbranched alkanes of at least 4 members (excludes halogenated alkanes) is 2. The standard InChI is InChI=1S/C16H27N/c1-5-7-11-17(12-8-6-2)16-13-14(3)9-10-15(16)4/h9-10,13H,5-8,11-12H2,1-4H3. The second-order valence-corrected chi connectivity index (χ2v) is 4.98. The van der Waals surface area contributed by atoms with Gasteiger partial charge < -0.3 is 4.90 Å². The van der Waals surface area contributed by atoms with Crippen LogP contribution in [0.2, 0.25) is 0 Å². The van der Waals surface area contributed by atoms with E-state index in [-0.39, 0.29) is 0 Å². The van der Waals surface area contributed by atoms with Gasteiger partial charge in [0.05, 0.1) is 0 Å². The van der Waals surface area contributed by atoms with Crippen LogP contribution in [0.4, 0.5) is 5.69 Å². The fourth-order valence-corrected chi connectivity index (χ4v) is 2.11. The first kappa shape index (κ1) is 14.1. The van der Waals surface area contributed by atoms with E-state index in [1.165, 1.54) is 55.6 Å². The molecule has 0 atom stereocenters. The van der Waals surface area contributed by atoms with Crippen LogP contribution in [0, 0.1) is 13.8 Å². The van der Waals surface area contributed by atoms with Crippen LogP contribution in [0.15, 0.2) is 18.2 Å². The summed E-state index contributed by atoms with van der Waals surface area (Å²) in [5.41, 5.74) is 4.21. The van der Waals surface area contributed by atoms with Crippen molar-refractivity contribution in [3.63, 3.8) is 0 Å². The summed E-state index contributed by atoms with van der Waals surface area (Å²) < 4.78 is 0. The molecule has 1 rings (SSSR count). The van der Waals surface area contributed by atoms with Crippen LogP contribution in [0.5, 0.6) is 0 Å². The molecule has 0 spiro atoms. The molecule has 0 N–H and O–H groups in total. The van der Waals surface area contributed by atoms with Gasteiger partial charge in [-0.25, -0.2) is 0 Å². The molecule has 0 radical (unpaired) electrons. The van der Waals surface area contributed by atoms with Gasteiger partial charge in [-0.15, -0.1) is 0 Å². The van der Waals surface area contributed by atoms with E-state index in [1.54, 1.807) is 0 Å². The lowest BCUT2D eigenvalue weighted by Gasteiger charge is -2.26. The van der Waals surface area contributed by atoms with Crippen LogP contribution in [-0.4, -0.2) is 13.1 Å². The molecule has 0 aromatic heterocycles. The summed E-state index contributed by atoms with van der Waals surface area (Å²) in [5, 5.41) is 0. The molecule has 0 aliphatic carbocycles. The molecule has 0 fully saturated rings. The lowest BCUT2D eigenvalue weighted by atomic mass is 10.1. The number of hydrogen-bond acceptors (Lipinski definition) is 1. The van der Waals surface area contributed by atoms with E-state index in [4.69, 9.17) is 0 Å². The minimum Gasteiger partial charge on any atom is -0.371 e. The Balaban J connectivity index is 2.82. The zero-order valence-corrected chi connectivity index (χ0v) is 11.9. The number of hydrogen-bond donors (Lipinski definition) is 0. The summed E-state index contributed by atoms with van der Waals surface area (Å²) in [6.07, 6.45) is 5.12. The van der Waals surface area contributed by atoms with Crippen molar-refractivity contribution in [3.05, 3.63) is 29.3 Å². The summed E-state index contributed by atoms with van der Waals surface area (Å²) in [6.45, 7) is 11.3. The average molecular weight is 233 g/mol. The summed E-state index contributed by atoms with van der Waals surface area (Å²) >= 11 is 0. The Labute approximate surface area is 107 Å². The molecule has 0 saturated carbocycles. The Kier molecular flexibility index (Phi) is 6.10. The van der Waals surface area contributed by atoms with E-state index in [0.717, 1.165) is 0 Å². The van der Waals surface area contributed by atoms with Crippen LogP contribution in [0.1, 0.15) is 50.7 Å². The van der Waals surface area contributed by atoms with Crippen LogP contribution >= 0.6 is 0 Å². The molecule has 0 bridgehead atoms. The number of aryl methyl sites for hydroxylation is 2. The van der Waals surface area contributed by atoms with E-state index >= 15 is 0 Å². The monoisotopic (exact) mass is 233 g/mol. The van der Waals surface area contributed by atoms with Gasteiger partial charge in [0, 0.05) is 18.8 Å². The third-order valence-electron chi connectivity index (χ3n) is 3.27. The molecule has 1 aromatic rings. The van der Waals surface area contributed by atoms with Gasteiger partial charge in [0.2, 0.25) is 0 Å². The lowest BCUT2D eigenvalue weighted by Crippen LogP contribution is -2.26. The molecule has 0 heterocycles. The van der Waals surface area contributed by atoms with E-state index in [2.05, 4.69) is 50.8 Å². The minimum atomic E-state index is 1.20. The van der Waals surface area contributed by atoms with E-state index in [1.807, 2.05) is 0 Å². The maximum absolute atomic E-state index is 2.56. The van der Waals surface area contributed by atoms with Gasteiger partial charge in [0.25, 0.3) is 0 Å². The molecule has 0 aliphatic rings. The summed E-state index contributed by atoms with van der Waals surface area (Å²) in [5.74, 6) is 0. The summed E-state index contributed by atoms with van der Waals surface area (Å²) in [6, 6.07) is 6.78. The van der Waals surface area contributed by atoms with Crippen molar-refractivity contribution in [1.82, 2.24) is 0 Å². The van der Waals surface area contributed by atoms with Gasteiger partial charge >= 0.3 is 0 Å². The molecule has 96 valence electrons. The quantitative estimate of drug-likeness (QED) is 0.659. The van der Waals surface area contributed by atoms with Gasteiger partial charge in [0.15, 0.2) is 0 Å². The molecule has 0 unspecified atom stereocenters. The highest BCUT2D eigenvalue weighted by Crippen LogP contribution is 2.22. The molecule has 0 saturated heterocycles. The Hall–Kier alpha value is -0.980. The van der Waals surface area contributed by atoms with Crippen LogP contribution in [-0.2, 0) is 0 Å². The molecule has 1 heteroatoms. The van der Waals surface area contributed by atoms with E-state index in [9.17, 15) is 0 Å². The predicted molar refractivity (Wildman–Crippen MR) is 77.9 cm³/mol. The maximum Gasteiger partial charge on any atom is 0.0398 e. The van der Waals surface area contributed by atoms with Gasteiger partial charge in [-0.05, 0) is 43.9 Å². The zero-order chi connectivity index (χ0) is 12.7. The fourth-order valence-electron chi connectivity index (χ4n) is 2.11. The van der Waals surface area contributed by atoms with Crippen molar-refractivity contribution in [2.24, 2.45) is 0 Å². The zero-order valence-electron chi connectivity index (χ0n) is 11.9. The first-order chi connectivity index (χ1) is 8.19. The second-order valence-electron chi connectivity index (χ2n) is 4.98. The van der Waals surface area contributed by atoms with E-state index < -0.39 is 0 Å². The first-order valence-corrected chi connectivity index (χ1v) is 7.01. The van der Waals surface area contributed by atoms with Gasteiger partial charge in [-0.2, -0.15) is 0 Å². The summed E-state index contributed by atoms with van der Waals surface area (Å²) in [7, 11) is 0.